The first kappa shape index (κ1) is 14.3. The topological polar surface area (TPSA) is 89.7 Å². The molecule has 0 amide bonds. The maximum Gasteiger partial charge on any atom is 0.336 e. The molecular weight excluding hydrogens is 306 g/mol. The van der Waals surface area contributed by atoms with Crippen molar-refractivity contribution in [2.24, 2.45) is 0 Å². The fourth-order valence-electron chi connectivity index (χ4n) is 1.28. The van der Waals surface area contributed by atoms with Gasteiger partial charge in [0.05, 0.1) is 17.6 Å². The summed E-state index contributed by atoms with van der Waals surface area (Å²) in [6, 6.07) is 3.87. The number of ether oxygens (including phenoxy) is 1. The molecule has 96 valence electrons. The summed E-state index contributed by atoms with van der Waals surface area (Å²) in [5.74, 6) is -0.777. The van der Waals surface area contributed by atoms with Crippen LogP contribution < -0.4 is 0 Å². The smallest absolute Gasteiger partial charge is 0.336 e. The number of nitro benzene ring substituents is 1. The van der Waals surface area contributed by atoms with Crippen LogP contribution in [-0.4, -0.2) is 23.1 Å². The fraction of sp³-hybridized carbons (Fsp3) is 0.182. The number of halogens is 1. The number of esters is 1. The highest BCUT2D eigenvalue weighted by Gasteiger charge is 2.23. The van der Waals surface area contributed by atoms with Crippen molar-refractivity contribution in [3.05, 3.63) is 50.5 Å². The lowest BCUT2D eigenvalue weighted by Gasteiger charge is -2.13. The van der Waals surface area contributed by atoms with Gasteiger partial charge >= 0.3 is 5.97 Å². The molecule has 0 aromatic heterocycles. The number of carbonyl (C=O) groups is 1. The number of aliphatic hydroxyl groups is 1. The van der Waals surface area contributed by atoms with Crippen LogP contribution in [0.4, 0.5) is 5.69 Å². The van der Waals surface area contributed by atoms with Gasteiger partial charge < -0.3 is 9.84 Å². The van der Waals surface area contributed by atoms with Crippen molar-refractivity contribution in [2.75, 3.05) is 7.11 Å². The number of methoxy groups -OCH3 is 1. The molecule has 1 unspecified atom stereocenters. The van der Waals surface area contributed by atoms with Crippen LogP contribution in [0.15, 0.2) is 34.8 Å². The maximum atomic E-state index is 11.2. The summed E-state index contributed by atoms with van der Waals surface area (Å²) in [6.07, 6.45) is -1.37. The number of hydrogen-bond donors (Lipinski definition) is 1. The van der Waals surface area contributed by atoms with Crippen LogP contribution in [0.25, 0.3) is 0 Å². The average molecular weight is 316 g/mol. The number of nitrogens with zero attached hydrogens (tertiary/aromatic N) is 1. The Kier molecular flexibility index (Phi) is 4.57. The van der Waals surface area contributed by atoms with Gasteiger partial charge in [0.2, 0.25) is 0 Å². The molecule has 0 spiro atoms. The largest absolute Gasteiger partial charge is 0.466 e. The number of benzene rings is 1. The number of rotatable bonds is 4. The Morgan fingerprint density at radius 3 is 2.72 bits per heavy atom. The predicted octanol–water partition coefficient (Wildman–Crippen LogP) is 2.12. The van der Waals surface area contributed by atoms with E-state index in [9.17, 15) is 20.0 Å². The molecule has 1 N–H and O–H groups in total. The summed E-state index contributed by atoms with van der Waals surface area (Å²) in [4.78, 5) is 21.3. The van der Waals surface area contributed by atoms with Crippen LogP contribution in [0.5, 0.6) is 0 Å². The second-order valence-electron chi connectivity index (χ2n) is 3.38. The number of hydrogen-bond acceptors (Lipinski definition) is 5. The lowest BCUT2D eigenvalue weighted by atomic mass is 10.0. The van der Waals surface area contributed by atoms with E-state index in [0.717, 1.165) is 7.11 Å². The van der Waals surface area contributed by atoms with Crippen LogP contribution in [-0.2, 0) is 9.53 Å². The molecule has 0 aliphatic heterocycles. The molecule has 0 radical (unpaired) electrons. The van der Waals surface area contributed by atoms with Crippen molar-refractivity contribution >= 4 is 27.6 Å². The van der Waals surface area contributed by atoms with Gasteiger partial charge in [-0.05, 0) is 6.07 Å². The Morgan fingerprint density at radius 2 is 2.22 bits per heavy atom. The van der Waals surface area contributed by atoms with Gasteiger partial charge in [0.1, 0.15) is 6.10 Å². The maximum absolute atomic E-state index is 11.2. The number of non-ortho nitro benzene ring substituents is 1. The minimum atomic E-state index is -1.37. The van der Waals surface area contributed by atoms with Gasteiger partial charge in [-0.25, -0.2) is 4.79 Å². The van der Waals surface area contributed by atoms with E-state index in [2.05, 4.69) is 27.2 Å². The van der Waals surface area contributed by atoms with Crippen LogP contribution >= 0.6 is 15.9 Å². The van der Waals surface area contributed by atoms with Gasteiger partial charge in [-0.1, -0.05) is 22.5 Å². The van der Waals surface area contributed by atoms with Crippen molar-refractivity contribution in [2.45, 2.75) is 6.10 Å². The Balaban J connectivity index is 3.16. The third-order valence-electron chi connectivity index (χ3n) is 2.26. The molecule has 6 nitrogen and oxygen atoms in total. The van der Waals surface area contributed by atoms with Gasteiger partial charge in [-0.15, -0.1) is 0 Å². The van der Waals surface area contributed by atoms with E-state index in [4.69, 9.17) is 0 Å². The zero-order valence-electron chi connectivity index (χ0n) is 9.42. The second kappa shape index (κ2) is 5.74. The summed E-state index contributed by atoms with van der Waals surface area (Å²) in [5, 5.41) is 20.6. The van der Waals surface area contributed by atoms with Gasteiger partial charge in [0.15, 0.2) is 0 Å². The standard InChI is InChI=1S/C11H10BrNO5/c1-6(11(15)18-2)10(14)8-5-7(13(16)17)3-4-9(8)12/h3-5,10,14H,1H2,2H3. The van der Waals surface area contributed by atoms with E-state index in [0.29, 0.717) is 4.47 Å². The summed E-state index contributed by atoms with van der Waals surface area (Å²) < 4.78 is 4.86. The van der Waals surface area contributed by atoms with E-state index in [1.807, 2.05) is 0 Å². The van der Waals surface area contributed by atoms with Gasteiger partial charge in [0, 0.05) is 22.2 Å². The first-order chi connectivity index (χ1) is 8.38. The number of carbonyl (C=O) groups excluding carboxylic acids is 1. The Morgan fingerprint density at radius 1 is 1.61 bits per heavy atom. The van der Waals surface area contributed by atoms with E-state index in [1.165, 1.54) is 18.2 Å². The molecule has 0 saturated heterocycles. The van der Waals surface area contributed by atoms with E-state index in [1.54, 1.807) is 0 Å². The van der Waals surface area contributed by atoms with Gasteiger partial charge in [-0.3, -0.25) is 10.1 Å². The molecule has 0 bridgehead atoms. The minimum absolute atomic E-state index is 0.180. The SMILES string of the molecule is C=C(C(=O)OC)C(O)c1cc([N+](=O)[O-])ccc1Br. The molecule has 0 saturated carbocycles. The van der Waals surface area contributed by atoms with Crippen molar-refractivity contribution in [1.82, 2.24) is 0 Å². The highest BCUT2D eigenvalue weighted by Crippen LogP contribution is 2.31. The molecule has 0 aliphatic carbocycles. The van der Waals surface area contributed by atoms with Crippen LogP contribution in [0, 0.1) is 10.1 Å². The lowest BCUT2D eigenvalue weighted by Crippen LogP contribution is -2.12. The zero-order chi connectivity index (χ0) is 13.9. The van der Waals surface area contributed by atoms with E-state index in [-0.39, 0.29) is 16.8 Å². The van der Waals surface area contributed by atoms with Crippen molar-refractivity contribution in [3.63, 3.8) is 0 Å². The molecule has 0 aliphatic rings. The highest BCUT2D eigenvalue weighted by atomic mass is 79.9. The Bertz CT molecular complexity index is 514. The van der Waals surface area contributed by atoms with E-state index >= 15 is 0 Å². The molecule has 1 aromatic carbocycles. The van der Waals surface area contributed by atoms with Crippen LogP contribution in [0.1, 0.15) is 11.7 Å². The Hall–Kier alpha value is -1.73. The van der Waals surface area contributed by atoms with Gasteiger partial charge in [-0.2, -0.15) is 0 Å². The summed E-state index contributed by atoms with van der Waals surface area (Å²) >= 11 is 3.14. The van der Waals surface area contributed by atoms with E-state index < -0.39 is 17.0 Å². The quantitative estimate of drug-likeness (QED) is 0.398. The van der Waals surface area contributed by atoms with Crippen LogP contribution in [0.2, 0.25) is 0 Å². The average Bonchev–Trinajstić information content (AvgIpc) is 2.36. The molecule has 0 heterocycles. The zero-order valence-corrected chi connectivity index (χ0v) is 11.0. The normalized spacial score (nSPS) is 11.7. The Labute approximate surface area is 111 Å². The first-order valence-corrected chi connectivity index (χ1v) is 5.56. The summed E-state index contributed by atoms with van der Waals surface area (Å²) in [7, 11) is 1.16. The van der Waals surface area contributed by atoms with Crippen molar-refractivity contribution < 1.29 is 19.6 Å². The molecule has 1 aromatic rings. The molecule has 1 rings (SSSR count). The first-order valence-electron chi connectivity index (χ1n) is 4.77. The molecule has 0 fully saturated rings. The molecule has 7 heteroatoms. The number of aliphatic hydroxyl groups excluding tert-OH is 1. The summed E-state index contributed by atoms with van der Waals surface area (Å²) in [6.45, 7) is 3.40. The predicted molar refractivity (Wildman–Crippen MR) is 66.9 cm³/mol. The van der Waals surface area contributed by atoms with Crippen molar-refractivity contribution in [1.29, 1.82) is 0 Å². The minimum Gasteiger partial charge on any atom is -0.466 e. The molecule has 1 atom stereocenters. The third kappa shape index (κ3) is 2.93. The molecule has 18 heavy (non-hydrogen) atoms. The van der Waals surface area contributed by atoms with Crippen molar-refractivity contribution in [3.8, 4) is 0 Å². The lowest BCUT2D eigenvalue weighted by molar-refractivity contribution is -0.385. The van der Waals surface area contributed by atoms with Crippen LogP contribution in [0.3, 0.4) is 0 Å². The molecular formula is C11H10BrNO5. The third-order valence-corrected chi connectivity index (χ3v) is 2.98. The monoisotopic (exact) mass is 315 g/mol. The second-order valence-corrected chi connectivity index (χ2v) is 4.24. The highest BCUT2D eigenvalue weighted by molar-refractivity contribution is 9.10. The summed E-state index contributed by atoms with van der Waals surface area (Å²) in [5.41, 5.74) is -0.205. The fourth-order valence-corrected chi connectivity index (χ4v) is 1.75. The van der Waals surface area contributed by atoms with Gasteiger partial charge in [0.25, 0.3) is 5.69 Å². The number of nitro groups is 1.